The summed E-state index contributed by atoms with van der Waals surface area (Å²) >= 11 is 0. The second kappa shape index (κ2) is 10.2. The summed E-state index contributed by atoms with van der Waals surface area (Å²) in [5.74, 6) is -2.42. The molecule has 0 aliphatic rings. The summed E-state index contributed by atoms with van der Waals surface area (Å²) in [6.45, 7) is 3.53. The number of hydrogen-bond acceptors (Lipinski definition) is 3. The van der Waals surface area contributed by atoms with Gasteiger partial charge in [-0.15, -0.1) is 0 Å². The van der Waals surface area contributed by atoms with Crippen molar-refractivity contribution >= 4 is 17.7 Å². The Morgan fingerprint density at radius 1 is 0.879 bits per heavy atom. The molecule has 1 atom stereocenters. The molecule has 0 radical (unpaired) electrons. The van der Waals surface area contributed by atoms with E-state index in [4.69, 9.17) is 0 Å². The van der Waals surface area contributed by atoms with Crippen molar-refractivity contribution in [3.05, 3.63) is 95.3 Å². The number of likely N-dealkylation sites (N-methyl/N-ethyl adjacent to an activating group) is 1. The molecule has 0 bridgehead atoms. The summed E-state index contributed by atoms with van der Waals surface area (Å²) in [6.07, 6.45) is 0.0988. The first-order chi connectivity index (χ1) is 15.7. The van der Waals surface area contributed by atoms with Crippen molar-refractivity contribution in [2.75, 3.05) is 7.05 Å². The molecule has 0 spiro atoms. The Labute approximate surface area is 192 Å². The zero-order valence-electron chi connectivity index (χ0n) is 18.8. The van der Waals surface area contributed by atoms with Gasteiger partial charge in [0.15, 0.2) is 5.78 Å². The van der Waals surface area contributed by atoms with E-state index in [1.807, 2.05) is 24.3 Å². The molecule has 0 heterocycles. The van der Waals surface area contributed by atoms with Crippen molar-refractivity contribution in [3.63, 3.8) is 0 Å². The Hall–Kier alpha value is -3.80. The average molecular weight is 448 g/mol. The van der Waals surface area contributed by atoms with Gasteiger partial charge in [0.25, 0.3) is 5.91 Å². The van der Waals surface area contributed by atoms with Crippen LogP contribution < -0.4 is 0 Å². The summed E-state index contributed by atoms with van der Waals surface area (Å²) in [4.78, 5) is 37.9. The van der Waals surface area contributed by atoms with Crippen LogP contribution in [0.2, 0.25) is 0 Å². The summed E-state index contributed by atoms with van der Waals surface area (Å²) in [5.41, 5.74) is 3.03. The number of nitrogens with zero attached hydrogens (tertiary/aromatic N) is 1. The molecule has 0 aliphatic heterocycles. The maximum Gasteiger partial charge on any atom is 0.326 e. The number of carbonyl (C=O) groups is 3. The molecule has 5 nitrogen and oxygen atoms in total. The van der Waals surface area contributed by atoms with Crippen LogP contribution in [-0.2, 0) is 11.2 Å². The molecule has 0 aromatic heterocycles. The van der Waals surface area contributed by atoms with Gasteiger partial charge in [-0.1, -0.05) is 62.4 Å². The van der Waals surface area contributed by atoms with Crippen LogP contribution >= 0.6 is 0 Å². The van der Waals surface area contributed by atoms with Gasteiger partial charge in [0, 0.05) is 19.0 Å². The largest absolute Gasteiger partial charge is 0.480 e. The Kier molecular flexibility index (Phi) is 7.38. The van der Waals surface area contributed by atoms with Crippen LogP contribution in [-0.4, -0.2) is 40.8 Å². The number of halogens is 1. The molecular weight excluding hydrogens is 421 g/mol. The Balaban J connectivity index is 1.71. The maximum atomic E-state index is 13.8. The van der Waals surface area contributed by atoms with Crippen LogP contribution in [0.3, 0.4) is 0 Å². The summed E-state index contributed by atoms with van der Waals surface area (Å²) in [5, 5.41) is 9.42. The van der Waals surface area contributed by atoms with E-state index in [2.05, 4.69) is 0 Å². The molecule has 1 N–H and O–H groups in total. The van der Waals surface area contributed by atoms with Crippen molar-refractivity contribution in [3.8, 4) is 11.1 Å². The number of carbonyl (C=O) groups excluding carboxylic acids is 2. The van der Waals surface area contributed by atoms with Crippen molar-refractivity contribution < 1.29 is 23.9 Å². The van der Waals surface area contributed by atoms with Crippen molar-refractivity contribution in [2.24, 2.45) is 5.92 Å². The van der Waals surface area contributed by atoms with Gasteiger partial charge in [-0.2, -0.15) is 0 Å². The number of ketones is 1. The first kappa shape index (κ1) is 23.9. The molecule has 6 heteroatoms. The maximum absolute atomic E-state index is 13.8. The second-order valence-electron chi connectivity index (χ2n) is 8.30. The van der Waals surface area contributed by atoms with Gasteiger partial charge in [-0.25, -0.2) is 9.18 Å². The number of benzene rings is 3. The Bertz CT molecular complexity index is 1150. The van der Waals surface area contributed by atoms with E-state index < -0.39 is 17.8 Å². The van der Waals surface area contributed by atoms with E-state index in [9.17, 15) is 23.9 Å². The van der Waals surface area contributed by atoms with E-state index in [1.54, 1.807) is 50.2 Å². The highest BCUT2D eigenvalue weighted by Crippen LogP contribution is 2.22. The molecule has 33 heavy (non-hydrogen) atoms. The lowest BCUT2D eigenvalue weighted by molar-refractivity contribution is -0.143. The van der Waals surface area contributed by atoms with Gasteiger partial charge >= 0.3 is 5.97 Å². The topological polar surface area (TPSA) is 74.7 Å². The lowest BCUT2D eigenvalue weighted by Gasteiger charge is -2.27. The fourth-order valence-electron chi connectivity index (χ4n) is 3.82. The summed E-state index contributed by atoms with van der Waals surface area (Å²) < 4.78 is 13.8. The highest BCUT2D eigenvalue weighted by Gasteiger charge is 2.30. The Morgan fingerprint density at radius 3 is 1.94 bits per heavy atom. The zero-order chi connectivity index (χ0) is 24.1. The van der Waals surface area contributed by atoms with E-state index in [-0.39, 0.29) is 29.6 Å². The molecule has 0 saturated heterocycles. The number of aliphatic carboxylic acids is 1. The van der Waals surface area contributed by atoms with E-state index in [0.29, 0.717) is 5.56 Å². The van der Waals surface area contributed by atoms with Crippen molar-refractivity contribution in [1.82, 2.24) is 4.90 Å². The van der Waals surface area contributed by atoms with Gasteiger partial charge in [0.1, 0.15) is 11.9 Å². The SMILES string of the molecule is CC(C)[C@@H](C(=O)O)N(C)C(=O)c1ccc(-c2ccc(CC(=O)c3ccccc3F)cc2)cc1. The minimum atomic E-state index is -1.04. The molecule has 0 saturated carbocycles. The standard InChI is InChI=1S/C27H26FNO4/c1-17(2)25(27(32)33)29(3)26(31)21-14-12-20(13-15-21)19-10-8-18(9-11-19)16-24(30)22-6-4-5-7-23(22)28/h4-15,17,25H,16H2,1-3H3,(H,32,33)/t25-/m0/s1. The van der Waals surface area contributed by atoms with Crippen LogP contribution in [0.5, 0.6) is 0 Å². The fraction of sp³-hybridized carbons (Fsp3) is 0.222. The van der Waals surface area contributed by atoms with E-state index in [1.165, 1.54) is 24.1 Å². The molecule has 0 fully saturated rings. The van der Waals surface area contributed by atoms with Gasteiger partial charge in [0.2, 0.25) is 0 Å². The predicted molar refractivity (Wildman–Crippen MR) is 125 cm³/mol. The number of amides is 1. The quantitative estimate of drug-likeness (QED) is 0.488. The summed E-state index contributed by atoms with van der Waals surface area (Å²) in [7, 11) is 1.50. The normalized spacial score (nSPS) is 11.8. The molecule has 0 aliphatic carbocycles. The molecule has 1 amide bonds. The van der Waals surface area contributed by atoms with Crippen molar-refractivity contribution in [1.29, 1.82) is 0 Å². The summed E-state index contributed by atoms with van der Waals surface area (Å²) in [6, 6.07) is 19.3. The number of rotatable bonds is 8. The number of hydrogen-bond donors (Lipinski definition) is 1. The van der Waals surface area contributed by atoms with Crippen LogP contribution in [0.15, 0.2) is 72.8 Å². The first-order valence-electron chi connectivity index (χ1n) is 10.7. The van der Waals surface area contributed by atoms with Crippen molar-refractivity contribution in [2.45, 2.75) is 26.3 Å². The smallest absolute Gasteiger partial charge is 0.326 e. The lowest BCUT2D eigenvalue weighted by atomic mass is 9.98. The second-order valence-corrected chi connectivity index (χ2v) is 8.30. The molecular formula is C27H26FNO4. The number of Topliss-reactive ketones (excluding diaryl/α,β-unsaturated/α-hetero) is 1. The minimum Gasteiger partial charge on any atom is -0.480 e. The van der Waals surface area contributed by atoms with Gasteiger partial charge in [-0.05, 0) is 46.9 Å². The Morgan fingerprint density at radius 2 is 1.42 bits per heavy atom. The van der Waals surface area contributed by atoms with Gasteiger partial charge in [-0.3, -0.25) is 9.59 Å². The molecule has 170 valence electrons. The third kappa shape index (κ3) is 5.52. The average Bonchev–Trinajstić information content (AvgIpc) is 2.79. The minimum absolute atomic E-state index is 0.0782. The molecule has 3 aromatic carbocycles. The van der Waals surface area contributed by atoms with Gasteiger partial charge in [0.05, 0.1) is 5.56 Å². The highest BCUT2D eigenvalue weighted by molar-refractivity contribution is 5.98. The zero-order valence-corrected chi connectivity index (χ0v) is 18.8. The lowest BCUT2D eigenvalue weighted by Crippen LogP contribution is -2.45. The molecule has 3 rings (SSSR count). The third-order valence-electron chi connectivity index (χ3n) is 5.58. The van der Waals surface area contributed by atoms with Gasteiger partial charge < -0.3 is 10.0 Å². The van der Waals surface area contributed by atoms with E-state index in [0.717, 1.165) is 16.7 Å². The van der Waals surface area contributed by atoms with Crippen LogP contribution in [0.1, 0.15) is 40.1 Å². The monoisotopic (exact) mass is 447 g/mol. The van der Waals surface area contributed by atoms with Crippen LogP contribution in [0.25, 0.3) is 11.1 Å². The number of carboxylic acids is 1. The number of carboxylic acid groups (broad SMARTS) is 1. The first-order valence-corrected chi connectivity index (χ1v) is 10.7. The third-order valence-corrected chi connectivity index (χ3v) is 5.58. The fourth-order valence-corrected chi connectivity index (χ4v) is 3.82. The van der Waals surface area contributed by atoms with Crippen LogP contribution in [0.4, 0.5) is 4.39 Å². The highest BCUT2D eigenvalue weighted by atomic mass is 19.1. The van der Waals surface area contributed by atoms with E-state index >= 15 is 0 Å². The van der Waals surface area contributed by atoms with Crippen LogP contribution in [0, 0.1) is 11.7 Å². The molecule has 0 unspecified atom stereocenters. The molecule has 3 aromatic rings. The predicted octanol–water partition coefficient (Wildman–Crippen LogP) is 5.10.